The number of nitrogen functional groups attached to an aromatic ring is 1. The topological polar surface area (TPSA) is 84.2 Å². The fraction of sp³-hybridized carbons (Fsp3) is 0.0526. The first-order valence-corrected chi connectivity index (χ1v) is 8.53. The fourth-order valence-electron chi connectivity index (χ4n) is 2.44. The van der Waals surface area contributed by atoms with Crippen molar-refractivity contribution in [3.8, 4) is 11.1 Å². The Balaban J connectivity index is 1.83. The molecule has 2 aromatic carbocycles. The van der Waals surface area contributed by atoms with E-state index in [2.05, 4.69) is 10.6 Å². The molecule has 0 aliphatic carbocycles. The van der Waals surface area contributed by atoms with Crippen LogP contribution in [-0.4, -0.2) is 11.8 Å². The smallest absolute Gasteiger partial charge is 0.265 e. The van der Waals surface area contributed by atoms with Gasteiger partial charge in [-0.2, -0.15) is 0 Å². The molecule has 6 heteroatoms. The lowest BCUT2D eigenvalue weighted by Gasteiger charge is -2.08. The second kappa shape index (κ2) is 7.19. The molecule has 0 fully saturated rings. The summed E-state index contributed by atoms with van der Waals surface area (Å²) in [5, 5.41) is 7.54. The molecule has 0 unspecified atom stereocenters. The average Bonchev–Trinajstić information content (AvgIpc) is 3.05. The number of rotatable bonds is 4. The van der Waals surface area contributed by atoms with Gasteiger partial charge >= 0.3 is 0 Å². The predicted molar refractivity (Wildman–Crippen MR) is 103 cm³/mol. The van der Waals surface area contributed by atoms with Gasteiger partial charge in [0.1, 0.15) is 0 Å². The Bertz CT molecular complexity index is 934. The molecule has 3 rings (SSSR count). The first-order chi connectivity index (χ1) is 12.0. The molecule has 0 saturated heterocycles. The third kappa shape index (κ3) is 4.05. The normalized spacial score (nSPS) is 10.3. The van der Waals surface area contributed by atoms with E-state index in [4.69, 9.17) is 5.73 Å². The first-order valence-electron chi connectivity index (χ1n) is 7.65. The summed E-state index contributed by atoms with van der Waals surface area (Å²) in [5.74, 6) is -0.332. The Morgan fingerprint density at radius 2 is 1.80 bits per heavy atom. The zero-order chi connectivity index (χ0) is 17.8. The van der Waals surface area contributed by atoms with Crippen LogP contribution in [0.4, 0.5) is 17.1 Å². The number of nitrogens with one attached hydrogen (secondary N) is 2. The molecule has 0 radical (unpaired) electrons. The highest BCUT2D eigenvalue weighted by molar-refractivity contribution is 7.12. The third-order valence-corrected chi connectivity index (χ3v) is 4.45. The maximum Gasteiger partial charge on any atom is 0.265 e. The van der Waals surface area contributed by atoms with Crippen LogP contribution in [0.5, 0.6) is 0 Å². The predicted octanol–water partition coefficient (Wildman–Crippen LogP) is 4.21. The Hall–Kier alpha value is -3.12. The summed E-state index contributed by atoms with van der Waals surface area (Å²) in [7, 11) is 0. The summed E-state index contributed by atoms with van der Waals surface area (Å²) < 4.78 is 0. The molecular weight excluding hydrogens is 334 g/mol. The number of hydrogen-bond acceptors (Lipinski definition) is 4. The van der Waals surface area contributed by atoms with Crippen molar-refractivity contribution in [1.82, 2.24) is 0 Å². The number of amides is 2. The Kier molecular flexibility index (Phi) is 4.81. The van der Waals surface area contributed by atoms with Gasteiger partial charge in [0.15, 0.2) is 0 Å². The van der Waals surface area contributed by atoms with Crippen LogP contribution in [0, 0.1) is 0 Å². The van der Waals surface area contributed by atoms with E-state index in [1.54, 1.807) is 24.3 Å². The van der Waals surface area contributed by atoms with Crippen molar-refractivity contribution in [1.29, 1.82) is 0 Å². The van der Waals surface area contributed by atoms with Crippen LogP contribution in [0.1, 0.15) is 16.6 Å². The molecule has 0 atom stereocenters. The fourth-order valence-corrected chi connectivity index (χ4v) is 3.24. The number of nitrogens with two attached hydrogens (primary N) is 1. The molecule has 126 valence electrons. The standard InChI is InChI=1S/C19H17N3O2S/c1-12(23)21-17-8-3-2-7-16(17)13-9-18(25-11-13)19(24)22-15-6-4-5-14(20)10-15/h2-11H,20H2,1H3,(H,21,23)(H,22,24). The highest BCUT2D eigenvalue weighted by Crippen LogP contribution is 2.32. The van der Waals surface area contributed by atoms with E-state index < -0.39 is 0 Å². The maximum atomic E-state index is 12.4. The van der Waals surface area contributed by atoms with Crippen molar-refractivity contribution in [2.24, 2.45) is 0 Å². The van der Waals surface area contributed by atoms with Crippen LogP contribution in [0.25, 0.3) is 11.1 Å². The molecule has 5 nitrogen and oxygen atoms in total. The van der Waals surface area contributed by atoms with Crippen molar-refractivity contribution < 1.29 is 9.59 Å². The summed E-state index contributed by atoms with van der Waals surface area (Å²) in [4.78, 5) is 24.4. The molecule has 1 aromatic heterocycles. The number of carbonyl (C=O) groups is 2. The number of thiophene rings is 1. The second-order valence-corrected chi connectivity index (χ2v) is 6.42. The van der Waals surface area contributed by atoms with Crippen LogP contribution in [-0.2, 0) is 4.79 Å². The monoisotopic (exact) mass is 351 g/mol. The first kappa shape index (κ1) is 16.7. The molecule has 25 heavy (non-hydrogen) atoms. The third-order valence-electron chi connectivity index (χ3n) is 3.52. The molecule has 0 bridgehead atoms. The minimum absolute atomic E-state index is 0.137. The largest absolute Gasteiger partial charge is 0.399 e. The minimum atomic E-state index is -0.196. The minimum Gasteiger partial charge on any atom is -0.399 e. The van der Waals surface area contributed by atoms with E-state index in [9.17, 15) is 9.59 Å². The van der Waals surface area contributed by atoms with Gasteiger partial charge in [-0.15, -0.1) is 11.3 Å². The van der Waals surface area contributed by atoms with E-state index in [1.807, 2.05) is 35.7 Å². The lowest BCUT2D eigenvalue weighted by molar-refractivity contribution is -0.114. The quantitative estimate of drug-likeness (QED) is 0.616. The lowest BCUT2D eigenvalue weighted by Crippen LogP contribution is -2.10. The van der Waals surface area contributed by atoms with Gasteiger partial charge in [0.05, 0.1) is 4.88 Å². The number of hydrogen-bond donors (Lipinski definition) is 3. The van der Waals surface area contributed by atoms with Gasteiger partial charge in [-0.25, -0.2) is 0 Å². The molecule has 0 aliphatic rings. The van der Waals surface area contributed by atoms with Crippen molar-refractivity contribution >= 4 is 40.2 Å². The number of benzene rings is 2. The zero-order valence-electron chi connectivity index (χ0n) is 13.6. The highest BCUT2D eigenvalue weighted by Gasteiger charge is 2.13. The van der Waals surface area contributed by atoms with Crippen molar-refractivity contribution in [3.63, 3.8) is 0 Å². The summed E-state index contributed by atoms with van der Waals surface area (Å²) in [6.45, 7) is 1.47. The second-order valence-electron chi connectivity index (χ2n) is 5.51. The van der Waals surface area contributed by atoms with Crippen LogP contribution in [0.15, 0.2) is 60.0 Å². The van der Waals surface area contributed by atoms with Gasteiger partial charge in [-0.1, -0.05) is 24.3 Å². The van der Waals surface area contributed by atoms with E-state index >= 15 is 0 Å². The summed E-state index contributed by atoms with van der Waals surface area (Å²) in [5.41, 5.74) is 9.44. The summed E-state index contributed by atoms with van der Waals surface area (Å²) in [6, 6.07) is 16.3. The maximum absolute atomic E-state index is 12.4. The molecule has 0 aliphatic heterocycles. The van der Waals surface area contributed by atoms with Crippen LogP contribution in [0.3, 0.4) is 0 Å². The molecule has 2 amide bonds. The summed E-state index contributed by atoms with van der Waals surface area (Å²) in [6.07, 6.45) is 0. The van der Waals surface area contributed by atoms with E-state index in [0.29, 0.717) is 16.3 Å². The SMILES string of the molecule is CC(=O)Nc1ccccc1-c1csc(C(=O)Nc2cccc(N)c2)c1. The Morgan fingerprint density at radius 3 is 2.56 bits per heavy atom. The van der Waals surface area contributed by atoms with Gasteiger partial charge in [-0.05, 0) is 41.3 Å². The van der Waals surface area contributed by atoms with Crippen molar-refractivity contribution in [3.05, 3.63) is 64.9 Å². The number of para-hydroxylation sites is 1. The highest BCUT2D eigenvalue weighted by atomic mass is 32.1. The molecular formula is C19H17N3O2S. The number of anilines is 3. The lowest BCUT2D eigenvalue weighted by atomic mass is 10.1. The van der Waals surface area contributed by atoms with Gasteiger partial charge < -0.3 is 16.4 Å². The van der Waals surface area contributed by atoms with Crippen molar-refractivity contribution in [2.45, 2.75) is 6.92 Å². The van der Waals surface area contributed by atoms with Gasteiger partial charge in [0, 0.05) is 29.5 Å². The van der Waals surface area contributed by atoms with Gasteiger partial charge in [0.2, 0.25) is 5.91 Å². The molecule has 3 aromatic rings. The average molecular weight is 351 g/mol. The molecule has 0 spiro atoms. The zero-order valence-corrected chi connectivity index (χ0v) is 14.4. The van der Waals surface area contributed by atoms with Crippen LogP contribution in [0.2, 0.25) is 0 Å². The Morgan fingerprint density at radius 1 is 1.00 bits per heavy atom. The van der Waals surface area contributed by atoms with E-state index in [0.717, 1.165) is 16.8 Å². The van der Waals surface area contributed by atoms with Crippen LogP contribution >= 0.6 is 11.3 Å². The van der Waals surface area contributed by atoms with Gasteiger partial charge in [0.25, 0.3) is 5.91 Å². The molecule has 1 heterocycles. The van der Waals surface area contributed by atoms with E-state index in [1.165, 1.54) is 18.3 Å². The van der Waals surface area contributed by atoms with Gasteiger partial charge in [-0.3, -0.25) is 9.59 Å². The molecule has 0 saturated carbocycles. The molecule has 4 N–H and O–H groups in total. The van der Waals surface area contributed by atoms with E-state index in [-0.39, 0.29) is 11.8 Å². The van der Waals surface area contributed by atoms with Crippen molar-refractivity contribution in [2.75, 3.05) is 16.4 Å². The summed E-state index contributed by atoms with van der Waals surface area (Å²) >= 11 is 1.35. The number of carbonyl (C=O) groups excluding carboxylic acids is 2. The Labute approximate surface area is 149 Å². The van der Waals surface area contributed by atoms with Crippen LogP contribution < -0.4 is 16.4 Å².